The molecule has 0 aliphatic carbocycles. The van der Waals surface area contributed by atoms with E-state index in [1.165, 1.54) is 0 Å². The zero-order valence-electron chi connectivity index (χ0n) is 8.14. The summed E-state index contributed by atoms with van der Waals surface area (Å²) in [5, 5.41) is 8.09. The fraction of sp³-hybridized carbons (Fsp3) is 0.182. The fourth-order valence-electron chi connectivity index (χ4n) is 0.621. The van der Waals surface area contributed by atoms with E-state index in [2.05, 4.69) is 11.3 Å². The first-order chi connectivity index (χ1) is 6.68. The minimum atomic E-state index is -1.10. The normalized spacial score (nSPS) is 8.07. The first-order valence-corrected chi connectivity index (χ1v) is 4.23. The number of aliphatic carboxylic acids is 1. The highest BCUT2D eigenvalue weighted by molar-refractivity contribution is 5.83. The Hall–Kier alpha value is -1.77. The second kappa shape index (κ2) is 7.86. The third-order valence-electron chi connectivity index (χ3n) is 1.22. The average Bonchev–Trinajstić information content (AvgIpc) is 2.21. The van der Waals surface area contributed by atoms with E-state index in [4.69, 9.17) is 5.11 Å². The largest absolute Gasteiger partial charge is 0.487 e. The van der Waals surface area contributed by atoms with Gasteiger partial charge in [-0.2, -0.15) is 0 Å². The summed E-state index contributed by atoms with van der Waals surface area (Å²) in [5.41, 5.74) is 0. The van der Waals surface area contributed by atoms with Crippen molar-refractivity contribution in [3.8, 4) is 0 Å². The van der Waals surface area contributed by atoms with Crippen LogP contribution in [0, 0.1) is 0 Å². The van der Waals surface area contributed by atoms with Gasteiger partial charge in [0, 0.05) is 0 Å². The standard InChI is InChI=1S/C6H6.C5H8O3/c1-2-4-6-5-3-1;1-3-8-4(2)5(6)7/h1-6H;2-3H2,1H3,(H,6,7). The quantitative estimate of drug-likeness (QED) is 0.593. The molecule has 0 atom stereocenters. The molecule has 0 saturated carbocycles. The maximum absolute atomic E-state index is 9.86. The SMILES string of the molecule is C=C(OCC)C(=O)O.c1ccccc1. The van der Waals surface area contributed by atoms with Gasteiger partial charge in [0.15, 0.2) is 5.76 Å². The van der Waals surface area contributed by atoms with Crippen LogP contribution in [0.2, 0.25) is 0 Å². The average molecular weight is 194 g/mol. The van der Waals surface area contributed by atoms with Crippen LogP contribution < -0.4 is 0 Å². The molecule has 76 valence electrons. The highest BCUT2D eigenvalue weighted by atomic mass is 16.5. The highest BCUT2D eigenvalue weighted by Crippen LogP contribution is 1.90. The van der Waals surface area contributed by atoms with Crippen LogP contribution in [0.25, 0.3) is 0 Å². The van der Waals surface area contributed by atoms with Gasteiger partial charge in [-0.25, -0.2) is 4.79 Å². The van der Waals surface area contributed by atoms with Crippen molar-refractivity contribution in [3.05, 3.63) is 48.7 Å². The van der Waals surface area contributed by atoms with Crippen LogP contribution in [0.15, 0.2) is 48.7 Å². The first-order valence-electron chi connectivity index (χ1n) is 4.23. The van der Waals surface area contributed by atoms with Crippen LogP contribution in [0.1, 0.15) is 6.92 Å². The van der Waals surface area contributed by atoms with E-state index in [1.807, 2.05) is 36.4 Å². The summed E-state index contributed by atoms with van der Waals surface area (Å²) >= 11 is 0. The summed E-state index contributed by atoms with van der Waals surface area (Å²) in [7, 11) is 0. The maximum atomic E-state index is 9.86. The zero-order valence-corrected chi connectivity index (χ0v) is 8.14. The molecule has 0 saturated heterocycles. The van der Waals surface area contributed by atoms with Gasteiger partial charge in [0.2, 0.25) is 0 Å². The van der Waals surface area contributed by atoms with E-state index in [-0.39, 0.29) is 5.76 Å². The number of benzene rings is 1. The van der Waals surface area contributed by atoms with Gasteiger partial charge in [0.25, 0.3) is 0 Å². The van der Waals surface area contributed by atoms with Crippen molar-refractivity contribution >= 4 is 5.97 Å². The summed E-state index contributed by atoms with van der Waals surface area (Å²) in [6, 6.07) is 12.0. The maximum Gasteiger partial charge on any atom is 0.370 e. The summed E-state index contributed by atoms with van der Waals surface area (Å²) in [6.45, 7) is 5.18. The predicted octanol–water partition coefficient (Wildman–Crippen LogP) is 2.31. The van der Waals surface area contributed by atoms with Crippen LogP contribution in [0.5, 0.6) is 0 Å². The Kier molecular flexibility index (Phi) is 6.86. The summed E-state index contributed by atoms with van der Waals surface area (Å²) in [6.07, 6.45) is 0. The van der Waals surface area contributed by atoms with Crippen LogP contribution in [0.3, 0.4) is 0 Å². The van der Waals surface area contributed by atoms with Crippen molar-refractivity contribution in [2.75, 3.05) is 6.61 Å². The minimum Gasteiger partial charge on any atom is -0.487 e. The molecule has 1 rings (SSSR count). The molecule has 0 unspecified atom stereocenters. The molecule has 3 heteroatoms. The minimum absolute atomic E-state index is 0.201. The molecular weight excluding hydrogens is 180 g/mol. The second-order valence-electron chi connectivity index (χ2n) is 2.32. The number of rotatable bonds is 3. The van der Waals surface area contributed by atoms with E-state index < -0.39 is 5.97 Å². The Morgan fingerprint density at radius 1 is 1.21 bits per heavy atom. The van der Waals surface area contributed by atoms with E-state index in [9.17, 15) is 4.79 Å². The van der Waals surface area contributed by atoms with Crippen molar-refractivity contribution in [1.29, 1.82) is 0 Å². The van der Waals surface area contributed by atoms with Crippen LogP contribution in [-0.4, -0.2) is 17.7 Å². The highest BCUT2D eigenvalue weighted by Gasteiger charge is 2.00. The molecule has 0 radical (unpaired) electrons. The molecule has 1 N–H and O–H groups in total. The van der Waals surface area contributed by atoms with Gasteiger partial charge >= 0.3 is 5.97 Å². The van der Waals surface area contributed by atoms with Gasteiger partial charge in [-0.3, -0.25) is 0 Å². The molecule has 0 bridgehead atoms. The van der Waals surface area contributed by atoms with Gasteiger partial charge in [0.05, 0.1) is 6.61 Å². The Balaban J connectivity index is 0.000000249. The number of carboxylic acid groups (broad SMARTS) is 1. The molecule has 0 aromatic heterocycles. The lowest BCUT2D eigenvalue weighted by molar-refractivity contribution is -0.136. The van der Waals surface area contributed by atoms with E-state index in [0.717, 1.165) is 0 Å². The molecule has 0 spiro atoms. The molecule has 14 heavy (non-hydrogen) atoms. The lowest BCUT2D eigenvalue weighted by Gasteiger charge is -1.97. The molecule has 0 fully saturated rings. The second-order valence-corrected chi connectivity index (χ2v) is 2.32. The van der Waals surface area contributed by atoms with E-state index in [0.29, 0.717) is 6.61 Å². The third-order valence-corrected chi connectivity index (χ3v) is 1.22. The molecule has 0 aliphatic rings. The van der Waals surface area contributed by atoms with E-state index in [1.54, 1.807) is 6.92 Å². The summed E-state index contributed by atoms with van der Waals surface area (Å²) < 4.78 is 4.51. The topological polar surface area (TPSA) is 46.5 Å². The van der Waals surface area contributed by atoms with Crippen LogP contribution in [-0.2, 0) is 9.53 Å². The van der Waals surface area contributed by atoms with Crippen molar-refractivity contribution in [3.63, 3.8) is 0 Å². The first kappa shape index (κ1) is 12.2. The Morgan fingerprint density at radius 2 is 1.57 bits per heavy atom. The van der Waals surface area contributed by atoms with Crippen molar-refractivity contribution in [2.45, 2.75) is 6.92 Å². The molecule has 3 nitrogen and oxygen atoms in total. The lowest BCUT2D eigenvalue weighted by Crippen LogP contribution is -2.02. The molecule has 0 aliphatic heterocycles. The lowest BCUT2D eigenvalue weighted by atomic mass is 10.4. The summed E-state index contributed by atoms with van der Waals surface area (Å²) in [5.74, 6) is -1.31. The molecule has 1 aromatic rings. The van der Waals surface area contributed by atoms with Crippen molar-refractivity contribution < 1.29 is 14.6 Å². The van der Waals surface area contributed by atoms with Crippen molar-refractivity contribution in [1.82, 2.24) is 0 Å². The fourth-order valence-corrected chi connectivity index (χ4v) is 0.621. The number of hydrogen-bond acceptors (Lipinski definition) is 2. The summed E-state index contributed by atoms with van der Waals surface area (Å²) in [4.78, 5) is 9.86. The number of carboxylic acids is 1. The van der Waals surface area contributed by atoms with Gasteiger partial charge in [0.1, 0.15) is 0 Å². The third kappa shape index (κ3) is 6.91. The smallest absolute Gasteiger partial charge is 0.370 e. The van der Waals surface area contributed by atoms with Gasteiger partial charge in [-0.1, -0.05) is 36.4 Å². The number of carbonyl (C=O) groups is 1. The van der Waals surface area contributed by atoms with Gasteiger partial charge < -0.3 is 9.84 Å². The Labute approximate surface area is 83.6 Å². The van der Waals surface area contributed by atoms with Crippen LogP contribution in [0.4, 0.5) is 0 Å². The van der Waals surface area contributed by atoms with E-state index >= 15 is 0 Å². The number of ether oxygens (including phenoxy) is 1. The molecular formula is C11H14O3. The predicted molar refractivity (Wildman–Crippen MR) is 54.8 cm³/mol. The Bertz CT molecular complexity index is 240. The van der Waals surface area contributed by atoms with Gasteiger partial charge in [-0.15, -0.1) is 0 Å². The van der Waals surface area contributed by atoms with Crippen LogP contribution >= 0.6 is 0 Å². The molecule has 1 aromatic carbocycles. The molecule has 0 heterocycles. The van der Waals surface area contributed by atoms with Crippen molar-refractivity contribution in [2.24, 2.45) is 0 Å². The molecule has 0 amide bonds. The zero-order chi connectivity index (χ0) is 10.8. The van der Waals surface area contributed by atoms with Gasteiger partial charge in [-0.05, 0) is 13.5 Å². The Morgan fingerprint density at radius 3 is 1.71 bits per heavy atom. The monoisotopic (exact) mass is 194 g/mol. The number of hydrogen-bond donors (Lipinski definition) is 1.